The standard InChI is InChI=1S/C17H20FN/c1-12-7-9-15(10-8-12)13(2)19-14(3)16-5-4-6-17(18)11-16/h4-11,13-14,19H,1-3H3/t13-,14?/m0/s1. The summed E-state index contributed by atoms with van der Waals surface area (Å²) in [6, 6.07) is 15.6. The molecular weight excluding hydrogens is 237 g/mol. The van der Waals surface area contributed by atoms with Crippen molar-refractivity contribution in [3.63, 3.8) is 0 Å². The third-order valence-corrected chi connectivity index (χ3v) is 3.43. The van der Waals surface area contributed by atoms with Crippen molar-refractivity contribution in [1.82, 2.24) is 5.32 Å². The van der Waals surface area contributed by atoms with E-state index in [1.807, 2.05) is 6.07 Å². The Morgan fingerprint density at radius 3 is 2.16 bits per heavy atom. The second-order valence-corrected chi connectivity index (χ2v) is 5.08. The van der Waals surface area contributed by atoms with Gasteiger partial charge in [0.15, 0.2) is 0 Å². The highest BCUT2D eigenvalue weighted by atomic mass is 19.1. The van der Waals surface area contributed by atoms with E-state index >= 15 is 0 Å². The quantitative estimate of drug-likeness (QED) is 0.847. The minimum Gasteiger partial charge on any atom is -0.304 e. The molecule has 0 amide bonds. The van der Waals surface area contributed by atoms with Crippen molar-refractivity contribution < 1.29 is 4.39 Å². The van der Waals surface area contributed by atoms with Crippen molar-refractivity contribution in [2.45, 2.75) is 32.9 Å². The number of hydrogen-bond donors (Lipinski definition) is 1. The third-order valence-electron chi connectivity index (χ3n) is 3.43. The van der Waals surface area contributed by atoms with Gasteiger partial charge in [0.2, 0.25) is 0 Å². The van der Waals surface area contributed by atoms with E-state index in [4.69, 9.17) is 0 Å². The molecule has 0 saturated carbocycles. The molecule has 0 saturated heterocycles. The van der Waals surface area contributed by atoms with Gasteiger partial charge in [-0.05, 0) is 44.0 Å². The van der Waals surface area contributed by atoms with Crippen molar-refractivity contribution >= 4 is 0 Å². The topological polar surface area (TPSA) is 12.0 Å². The van der Waals surface area contributed by atoms with E-state index in [2.05, 4.69) is 50.4 Å². The van der Waals surface area contributed by atoms with Crippen LogP contribution in [-0.2, 0) is 0 Å². The lowest BCUT2D eigenvalue weighted by molar-refractivity contribution is 0.492. The molecule has 0 aliphatic rings. The van der Waals surface area contributed by atoms with Crippen LogP contribution in [0.1, 0.15) is 42.6 Å². The molecule has 0 bridgehead atoms. The van der Waals surface area contributed by atoms with E-state index in [1.54, 1.807) is 12.1 Å². The molecule has 0 fully saturated rings. The van der Waals surface area contributed by atoms with Crippen LogP contribution in [-0.4, -0.2) is 0 Å². The second-order valence-electron chi connectivity index (χ2n) is 5.08. The van der Waals surface area contributed by atoms with E-state index < -0.39 is 0 Å². The summed E-state index contributed by atoms with van der Waals surface area (Å²) < 4.78 is 13.2. The molecule has 0 aromatic heterocycles. The van der Waals surface area contributed by atoms with Gasteiger partial charge in [-0.2, -0.15) is 0 Å². The first kappa shape index (κ1) is 13.8. The number of benzene rings is 2. The minimum atomic E-state index is -0.186. The zero-order valence-corrected chi connectivity index (χ0v) is 11.7. The predicted octanol–water partition coefficient (Wildman–Crippen LogP) is 4.55. The average Bonchev–Trinajstić information content (AvgIpc) is 2.39. The van der Waals surface area contributed by atoms with Crippen molar-refractivity contribution in [3.8, 4) is 0 Å². The van der Waals surface area contributed by atoms with E-state index in [1.165, 1.54) is 17.2 Å². The Balaban J connectivity index is 2.06. The fourth-order valence-electron chi connectivity index (χ4n) is 2.20. The zero-order valence-electron chi connectivity index (χ0n) is 11.7. The van der Waals surface area contributed by atoms with E-state index in [0.29, 0.717) is 0 Å². The van der Waals surface area contributed by atoms with Gasteiger partial charge in [-0.15, -0.1) is 0 Å². The zero-order chi connectivity index (χ0) is 13.8. The van der Waals surface area contributed by atoms with Crippen molar-refractivity contribution in [2.24, 2.45) is 0 Å². The lowest BCUT2D eigenvalue weighted by Crippen LogP contribution is -2.22. The molecule has 2 aromatic rings. The first-order valence-electron chi connectivity index (χ1n) is 6.64. The van der Waals surface area contributed by atoms with Crippen LogP contribution >= 0.6 is 0 Å². The van der Waals surface area contributed by atoms with Crippen molar-refractivity contribution in [3.05, 3.63) is 71.0 Å². The molecule has 2 rings (SSSR count). The van der Waals surface area contributed by atoms with E-state index in [0.717, 1.165) is 5.56 Å². The Bertz CT molecular complexity index is 533. The highest BCUT2D eigenvalue weighted by Crippen LogP contribution is 2.20. The Labute approximate surface area is 114 Å². The van der Waals surface area contributed by atoms with E-state index in [9.17, 15) is 4.39 Å². The summed E-state index contributed by atoms with van der Waals surface area (Å²) in [6.07, 6.45) is 0. The third kappa shape index (κ3) is 3.65. The van der Waals surface area contributed by atoms with Crippen LogP contribution in [0, 0.1) is 12.7 Å². The molecule has 0 aliphatic carbocycles. The molecule has 1 N–H and O–H groups in total. The normalized spacial score (nSPS) is 14.1. The number of aryl methyl sites for hydroxylation is 1. The monoisotopic (exact) mass is 257 g/mol. The molecule has 2 heteroatoms. The lowest BCUT2D eigenvalue weighted by Gasteiger charge is -2.21. The van der Waals surface area contributed by atoms with Crippen LogP contribution in [0.25, 0.3) is 0 Å². The summed E-state index contributed by atoms with van der Waals surface area (Å²) in [7, 11) is 0. The van der Waals surface area contributed by atoms with Crippen LogP contribution < -0.4 is 5.32 Å². The van der Waals surface area contributed by atoms with Gasteiger partial charge in [0, 0.05) is 12.1 Å². The SMILES string of the molecule is Cc1ccc([C@H](C)NC(C)c2cccc(F)c2)cc1. The van der Waals surface area contributed by atoms with Gasteiger partial charge >= 0.3 is 0 Å². The Hall–Kier alpha value is -1.67. The van der Waals surface area contributed by atoms with Crippen LogP contribution in [0.3, 0.4) is 0 Å². The average molecular weight is 257 g/mol. The van der Waals surface area contributed by atoms with Gasteiger partial charge in [0.1, 0.15) is 5.82 Å². The van der Waals surface area contributed by atoms with E-state index in [-0.39, 0.29) is 17.9 Å². The summed E-state index contributed by atoms with van der Waals surface area (Å²) in [6.45, 7) is 6.26. The summed E-state index contributed by atoms with van der Waals surface area (Å²) in [5, 5.41) is 3.49. The van der Waals surface area contributed by atoms with Crippen LogP contribution in [0.5, 0.6) is 0 Å². The second kappa shape index (κ2) is 5.98. The summed E-state index contributed by atoms with van der Waals surface area (Å²) in [5.41, 5.74) is 3.47. The fourth-order valence-corrected chi connectivity index (χ4v) is 2.20. The predicted molar refractivity (Wildman–Crippen MR) is 77.5 cm³/mol. The Morgan fingerprint density at radius 1 is 0.895 bits per heavy atom. The number of rotatable bonds is 4. The Kier molecular flexibility index (Phi) is 4.33. The highest BCUT2D eigenvalue weighted by molar-refractivity contribution is 5.25. The molecule has 100 valence electrons. The van der Waals surface area contributed by atoms with Gasteiger partial charge in [0.05, 0.1) is 0 Å². The van der Waals surface area contributed by atoms with Gasteiger partial charge < -0.3 is 5.32 Å². The molecule has 19 heavy (non-hydrogen) atoms. The summed E-state index contributed by atoms with van der Waals surface area (Å²) in [4.78, 5) is 0. The first-order chi connectivity index (χ1) is 9.06. The van der Waals surface area contributed by atoms with Crippen molar-refractivity contribution in [2.75, 3.05) is 0 Å². The van der Waals surface area contributed by atoms with Crippen LogP contribution in [0.4, 0.5) is 4.39 Å². The molecule has 0 heterocycles. The fraction of sp³-hybridized carbons (Fsp3) is 0.294. The number of halogens is 1. The van der Waals surface area contributed by atoms with Gasteiger partial charge in [-0.25, -0.2) is 4.39 Å². The summed E-state index contributed by atoms with van der Waals surface area (Å²) in [5.74, 6) is -0.186. The smallest absolute Gasteiger partial charge is 0.123 e. The van der Waals surface area contributed by atoms with Crippen LogP contribution in [0.15, 0.2) is 48.5 Å². The lowest BCUT2D eigenvalue weighted by atomic mass is 10.0. The molecule has 0 spiro atoms. The largest absolute Gasteiger partial charge is 0.304 e. The molecule has 1 nitrogen and oxygen atoms in total. The van der Waals surface area contributed by atoms with Gasteiger partial charge in [0.25, 0.3) is 0 Å². The maximum Gasteiger partial charge on any atom is 0.123 e. The number of nitrogens with one attached hydrogen (secondary N) is 1. The molecule has 1 unspecified atom stereocenters. The highest BCUT2D eigenvalue weighted by Gasteiger charge is 2.11. The first-order valence-corrected chi connectivity index (χ1v) is 6.64. The van der Waals surface area contributed by atoms with Crippen molar-refractivity contribution in [1.29, 1.82) is 0 Å². The van der Waals surface area contributed by atoms with Gasteiger partial charge in [-0.3, -0.25) is 0 Å². The maximum atomic E-state index is 13.2. The molecule has 0 radical (unpaired) electrons. The summed E-state index contributed by atoms with van der Waals surface area (Å²) >= 11 is 0. The number of hydrogen-bond acceptors (Lipinski definition) is 1. The maximum absolute atomic E-state index is 13.2. The molecule has 0 aliphatic heterocycles. The minimum absolute atomic E-state index is 0.118. The molecule has 2 aromatic carbocycles. The van der Waals surface area contributed by atoms with Crippen LogP contribution in [0.2, 0.25) is 0 Å². The van der Waals surface area contributed by atoms with Gasteiger partial charge in [-0.1, -0.05) is 42.0 Å². The molecular formula is C17H20FN. The molecule has 2 atom stereocenters. The Morgan fingerprint density at radius 2 is 1.53 bits per heavy atom.